The van der Waals surface area contributed by atoms with Gasteiger partial charge in [0.2, 0.25) is 0 Å². The summed E-state index contributed by atoms with van der Waals surface area (Å²) >= 11 is 0. The molecule has 15 heteroatoms. The van der Waals surface area contributed by atoms with Crippen molar-refractivity contribution in [3.05, 3.63) is 42.5 Å². The highest BCUT2D eigenvalue weighted by Gasteiger charge is 2.56. The van der Waals surface area contributed by atoms with Gasteiger partial charge in [0.1, 0.15) is 29.8 Å². The number of aromatic nitrogens is 4. The fraction of sp³-hybridized carbons (Fsp3) is 0.571. The van der Waals surface area contributed by atoms with Crippen LogP contribution in [0.5, 0.6) is 5.75 Å². The van der Waals surface area contributed by atoms with Crippen LogP contribution in [-0.4, -0.2) is 80.3 Å². The van der Waals surface area contributed by atoms with Gasteiger partial charge in [0, 0.05) is 13.1 Å². The highest BCUT2D eigenvalue weighted by molar-refractivity contribution is 7.52. The number of ether oxygens (including phenoxy) is 2. The molecule has 2 N–H and O–H groups in total. The Labute approximate surface area is 249 Å². The summed E-state index contributed by atoms with van der Waals surface area (Å²) in [5.41, 5.74) is -1.47. The van der Waals surface area contributed by atoms with Gasteiger partial charge in [0.25, 0.3) is 0 Å². The first-order valence-corrected chi connectivity index (χ1v) is 15.8. The number of hydrogen-bond acceptors (Lipinski definition) is 11. The lowest BCUT2D eigenvalue weighted by Gasteiger charge is -2.25. The van der Waals surface area contributed by atoms with Crippen LogP contribution in [0.25, 0.3) is 11.2 Å². The van der Waals surface area contributed by atoms with Crippen molar-refractivity contribution < 1.29 is 37.4 Å². The maximum atomic E-state index is 16.2. The molecular weight excluding hydrogens is 582 g/mol. The standard InChI is InChI=1S/C28H38FN6O7P/c1-16(2)40-26(37)17(3)33-43(38,42-20-10-8-7-9-11-20)39-14-21-23(36)28(5,29)27(41-21)35-15-30-22-24(34(6)19-12-13-19)31-18(4)32-25(22)35/h7-11,15-17,19,21,23,27,36H,12-14H2,1-6H3,(H,33,38)/t17-,21+,23+,27+,28+,43-/m0/s1. The summed E-state index contributed by atoms with van der Waals surface area (Å²) < 4.78 is 54.0. The Balaban J connectivity index is 1.37. The van der Waals surface area contributed by atoms with Gasteiger partial charge in [-0.3, -0.25) is 13.9 Å². The molecule has 3 heterocycles. The van der Waals surface area contributed by atoms with Gasteiger partial charge in [-0.15, -0.1) is 0 Å². The van der Waals surface area contributed by atoms with Gasteiger partial charge in [-0.05, 0) is 59.6 Å². The smallest absolute Gasteiger partial charge is 0.459 e. The minimum atomic E-state index is -4.27. The SMILES string of the molecule is Cc1nc(N(C)C2CC2)c2ncn([C@@H]3O[C@H](CO[P@@](=O)(N[C@@H](C)C(=O)OC(C)C)Oc4ccccc4)[C@@H](O)[C@@]3(C)F)c2n1. The summed E-state index contributed by atoms with van der Waals surface area (Å²) in [6.45, 7) is 7.25. The molecular formula is C28H38FN6O7P. The van der Waals surface area contributed by atoms with Gasteiger partial charge >= 0.3 is 13.7 Å². The monoisotopic (exact) mass is 620 g/mol. The van der Waals surface area contributed by atoms with E-state index in [4.69, 9.17) is 18.5 Å². The number of alkyl halides is 1. The van der Waals surface area contributed by atoms with Crippen molar-refractivity contribution in [3.8, 4) is 5.75 Å². The topological polar surface area (TPSA) is 150 Å². The largest absolute Gasteiger partial charge is 0.462 e. The molecule has 6 atom stereocenters. The molecule has 234 valence electrons. The summed E-state index contributed by atoms with van der Waals surface area (Å²) in [5, 5.41) is 13.6. The first-order chi connectivity index (χ1) is 20.3. The van der Waals surface area contributed by atoms with Crippen LogP contribution < -0.4 is 14.5 Å². The molecule has 2 fully saturated rings. The van der Waals surface area contributed by atoms with Crippen LogP contribution in [-0.2, 0) is 23.4 Å². The quantitative estimate of drug-likeness (QED) is 0.224. The Morgan fingerprint density at radius 2 is 1.98 bits per heavy atom. The number of para-hydroxylation sites is 1. The molecule has 0 spiro atoms. The van der Waals surface area contributed by atoms with E-state index in [9.17, 15) is 14.5 Å². The van der Waals surface area contributed by atoms with Crippen LogP contribution in [0.2, 0.25) is 0 Å². The molecule has 5 rings (SSSR count). The molecule has 2 aliphatic rings. The Morgan fingerprint density at radius 3 is 2.63 bits per heavy atom. The summed E-state index contributed by atoms with van der Waals surface area (Å²) in [6, 6.07) is 7.51. The number of imidazole rings is 1. The lowest BCUT2D eigenvalue weighted by atomic mass is 9.98. The number of aryl methyl sites for hydroxylation is 1. The van der Waals surface area contributed by atoms with Gasteiger partial charge in [0.05, 0.1) is 19.0 Å². The zero-order valence-electron chi connectivity index (χ0n) is 25.0. The van der Waals surface area contributed by atoms with E-state index < -0.39 is 56.6 Å². The molecule has 0 radical (unpaired) electrons. The van der Waals surface area contributed by atoms with Gasteiger partial charge in [-0.25, -0.2) is 23.9 Å². The average Bonchev–Trinajstić information content (AvgIpc) is 3.67. The molecule has 1 aromatic carbocycles. The van der Waals surface area contributed by atoms with Crippen LogP contribution in [0.1, 0.15) is 52.6 Å². The number of anilines is 1. The molecule has 13 nitrogen and oxygen atoms in total. The van der Waals surface area contributed by atoms with Crippen molar-refractivity contribution in [2.45, 2.75) is 89.8 Å². The first kappa shape index (κ1) is 31.3. The predicted molar refractivity (Wildman–Crippen MR) is 155 cm³/mol. The highest BCUT2D eigenvalue weighted by atomic mass is 31.2. The van der Waals surface area contributed by atoms with E-state index in [-0.39, 0.29) is 5.75 Å². The van der Waals surface area contributed by atoms with Crippen LogP contribution in [0.4, 0.5) is 10.2 Å². The van der Waals surface area contributed by atoms with Crippen molar-refractivity contribution in [1.29, 1.82) is 0 Å². The Kier molecular flexibility index (Phi) is 8.79. The maximum absolute atomic E-state index is 16.2. The first-order valence-electron chi connectivity index (χ1n) is 14.2. The van der Waals surface area contributed by atoms with Crippen LogP contribution in [0, 0.1) is 6.92 Å². The van der Waals surface area contributed by atoms with E-state index in [1.807, 2.05) is 11.9 Å². The van der Waals surface area contributed by atoms with Gasteiger partial charge < -0.3 is 24.0 Å². The number of nitrogens with zero attached hydrogens (tertiary/aromatic N) is 5. The molecule has 0 bridgehead atoms. The molecule has 3 aromatic rings. The number of esters is 1. The Morgan fingerprint density at radius 1 is 1.28 bits per heavy atom. The number of rotatable bonds is 12. The lowest BCUT2D eigenvalue weighted by molar-refractivity contribution is -0.149. The fourth-order valence-corrected chi connectivity index (χ4v) is 6.42. The maximum Gasteiger partial charge on any atom is 0.459 e. The van der Waals surface area contributed by atoms with E-state index in [0.29, 0.717) is 28.8 Å². The van der Waals surface area contributed by atoms with E-state index >= 15 is 4.39 Å². The molecule has 0 amide bonds. The number of halogens is 1. The number of hydrogen-bond donors (Lipinski definition) is 2. The van der Waals surface area contributed by atoms with Crippen molar-refractivity contribution in [3.63, 3.8) is 0 Å². The molecule has 1 aliphatic heterocycles. The van der Waals surface area contributed by atoms with Crippen LogP contribution >= 0.6 is 7.75 Å². The van der Waals surface area contributed by atoms with Crippen molar-refractivity contribution >= 4 is 30.7 Å². The van der Waals surface area contributed by atoms with Crippen molar-refractivity contribution in [2.24, 2.45) is 0 Å². The molecule has 43 heavy (non-hydrogen) atoms. The average molecular weight is 621 g/mol. The number of benzene rings is 1. The number of carbonyl (C=O) groups is 1. The van der Waals surface area contributed by atoms with Crippen molar-refractivity contribution in [1.82, 2.24) is 24.6 Å². The third-order valence-corrected chi connectivity index (χ3v) is 8.99. The summed E-state index contributed by atoms with van der Waals surface area (Å²) in [5.74, 6) is 0.652. The van der Waals surface area contributed by atoms with Crippen LogP contribution in [0.3, 0.4) is 0 Å². The van der Waals surface area contributed by atoms with Gasteiger partial charge in [0.15, 0.2) is 28.9 Å². The van der Waals surface area contributed by atoms with Gasteiger partial charge in [-0.2, -0.15) is 5.09 Å². The number of carbonyl (C=O) groups excluding carboxylic acids is 1. The van der Waals surface area contributed by atoms with E-state index in [1.165, 1.54) is 24.7 Å². The third-order valence-electron chi connectivity index (χ3n) is 7.35. The molecule has 1 aliphatic carbocycles. The number of fused-ring (bicyclic) bond motifs is 1. The summed E-state index contributed by atoms with van der Waals surface area (Å²) in [4.78, 5) is 28.0. The Bertz CT molecular complexity index is 1500. The minimum absolute atomic E-state index is 0.204. The fourth-order valence-electron chi connectivity index (χ4n) is 4.92. The minimum Gasteiger partial charge on any atom is -0.462 e. The third kappa shape index (κ3) is 6.68. The Hall–Kier alpha value is -3.16. The zero-order chi connectivity index (χ0) is 31.1. The normalized spacial score (nSPS) is 25.9. The highest BCUT2D eigenvalue weighted by Crippen LogP contribution is 2.48. The number of aliphatic hydroxyl groups is 1. The second kappa shape index (κ2) is 12.1. The molecule has 1 saturated carbocycles. The zero-order valence-corrected chi connectivity index (χ0v) is 25.9. The summed E-state index contributed by atoms with van der Waals surface area (Å²) in [7, 11) is -2.33. The molecule has 0 unspecified atom stereocenters. The predicted octanol–water partition coefficient (Wildman–Crippen LogP) is 3.85. The summed E-state index contributed by atoms with van der Waals surface area (Å²) in [6.07, 6.45) is -1.16. The lowest BCUT2D eigenvalue weighted by Crippen LogP contribution is -2.41. The van der Waals surface area contributed by atoms with Gasteiger partial charge in [-0.1, -0.05) is 18.2 Å². The van der Waals surface area contributed by atoms with Crippen LogP contribution in [0.15, 0.2) is 36.7 Å². The number of aliphatic hydroxyl groups excluding tert-OH is 1. The molecule has 2 aromatic heterocycles. The van der Waals surface area contributed by atoms with Crippen molar-refractivity contribution in [2.75, 3.05) is 18.6 Å². The molecule has 1 saturated heterocycles. The second-order valence-electron chi connectivity index (χ2n) is 11.4. The van der Waals surface area contributed by atoms with E-state index in [2.05, 4.69) is 20.0 Å². The van der Waals surface area contributed by atoms with E-state index in [1.54, 1.807) is 51.1 Å². The van der Waals surface area contributed by atoms with E-state index in [0.717, 1.165) is 12.8 Å². The number of nitrogens with one attached hydrogen (secondary N) is 1. The second-order valence-corrected chi connectivity index (χ2v) is 13.1.